The fraction of sp³-hybridized carbons (Fsp3) is 0.647. The van der Waals surface area contributed by atoms with E-state index in [2.05, 4.69) is 36.2 Å². The lowest BCUT2D eigenvalue weighted by molar-refractivity contribution is 0.0706. The van der Waals surface area contributed by atoms with Crippen LogP contribution in [0.1, 0.15) is 37.7 Å². The van der Waals surface area contributed by atoms with Crippen LogP contribution in [0.3, 0.4) is 0 Å². The molecule has 0 unspecified atom stereocenters. The summed E-state index contributed by atoms with van der Waals surface area (Å²) in [5, 5.41) is 0. The Balaban J connectivity index is 1.97. The second kappa shape index (κ2) is 5.16. The summed E-state index contributed by atoms with van der Waals surface area (Å²) < 4.78 is 5.43. The van der Waals surface area contributed by atoms with Crippen molar-refractivity contribution in [1.29, 1.82) is 0 Å². The number of hydrogen-bond acceptors (Lipinski definition) is 2. The fourth-order valence-electron chi connectivity index (χ4n) is 4.22. The van der Waals surface area contributed by atoms with Crippen molar-refractivity contribution in [3.05, 3.63) is 29.8 Å². The lowest BCUT2D eigenvalue weighted by atomic mass is 9.59. The summed E-state index contributed by atoms with van der Waals surface area (Å²) in [6, 6.07) is 8.83. The minimum atomic E-state index is 0.416. The number of likely N-dealkylation sites (tertiary alicyclic amines) is 1. The maximum atomic E-state index is 5.43. The lowest BCUT2D eigenvalue weighted by Gasteiger charge is -2.50. The van der Waals surface area contributed by atoms with E-state index in [9.17, 15) is 0 Å². The molecule has 1 aliphatic carbocycles. The monoisotopic (exact) mass is 259 g/mol. The molecule has 1 saturated heterocycles. The van der Waals surface area contributed by atoms with E-state index in [1.807, 2.05) is 0 Å². The Morgan fingerprint density at radius 1 is 1.26 bits per heavy atom. The van der Waals surface area contributed by atoms with Gasteiger partial charge in [-0.05, 0) is 56.5 Å². The Bertz CT molecular complexity index is 445. The molecule has 2 nitrogen and oxygen atoms in total. The average molecular weight is 259 g/mol. The summed E-state index contributed by atoms with van der Waals surface area (Å²) in [5.41, 5.74) is 1.93. The highest BCUT2D eigenvalue weighted by atomic mass is 16.5. The SMILES string of the molecule is COc1cccc([C@]23CCCC[C@@H]2CN(C)CC3)c1. The summed E-state index contributed by atoms with van der Waals surface area (Å²) in [4.78, 5) is 2.51. The van der Waals surface area contributed by atoms with Gasteiger partial charge in [-0.3, -0.25) is 0 Å². The molecule has 0 amide bonds. The van der Waals surface area contributed by atoms with Crippen LogP contribution >= 0.6 is 0 Å². The molecule has 1 heterocycles. The number of ether oxygens (including phenoxy) is 1. The largest absolute Gasteiger partial charge is 0.497 e. The molecule has 0 radical (unpaired) electrons. The summed E-state index contributed by atoms with van der Waals surface area (Å²) in [5.74, 6) is 1.84. The Kier molecular flexibility index (Phi) is 3.53. The highest BCUT2D eigenvalue weighted by Gasteiger charge is 2.44. The molecule has 1 saturated carbocycles. The zero-order chi connectivity index (χ0) is 13.3. The van der Waals surface area contributed by atoms with Crippen molar-refractivity contribution >= 4 is 0 Å². The first kappa shape index (κ1) is 13.0. The number of benzene rings is 1. The van der Waals surface area contributed by atoms with E-state index in [1.54, 1.807) is 7.11 Å². The van der Waals surface area contributed by atoms with Gasteiger partial charge in [-0.25, -0.2) is 0 Å². The fourth-order valence-corrected chi connectivity index (χ4v) is 4.22. The van der Waals surface area contributed by atoms with Gasteiger partial charge >= 0.3 is 0 Å². The minimum Gasteiger partial charge on any atom is -0.497 e. The van der Waals surface area contributed by atoms with E-state index >= 15 is 0 Å². The van der Waals surface area contributed by atoms with Crippen molar-refractivity contribution in [2.75, 3.05) is 27.2 Å². The molecule has 2 fully saturated rings. The average Bonchev–Trinajstić information content (AvgIpc) is 2.47. The van der Waals surface area contributed by atoms with Crippen LogP contribution < -0.4 is 4.74 Å². The van der Waals surface area contributed by atoms with Crippen LogP contribution in [0.25, 0.3) is 0 Å². The third-order valence-corrected chi connectivity index (χ3v) is 5.32. The van der Waals surface area contributed by atoms with Gasteiger partial charge in [0, 0.05) is 12.0 Å². The van der Waals surface area contributed by atoms with Gasteiger partial charge in [0.1, 0.15) is 5.75 Å². The zero-order valence-electron chi connectivity index (χ0n) is 12.2. The maximum absolute atomic E-state index is 5.43. The smallest absolute Gasteiger partial charge is 0.119 e. The molecule has 3 rings (SSSR count). The van der Waals surface area contributed by atoms with Crippen molar-refractivity contribution in [2.45, 2.75) is 37.5 Å². The molecule has 2 atom stereocenters. The Morgan fingerprint density at radius 3 is 3.00 bits per heavy atom. The quantitative estimate of drug-likeness (QED) is 0.806. The Hall–Kier alpha value is -1.02. The summed E-state index contributed by atoms with van der Waals surface area (Å²) >= 11 is 0. The molecule has 1 aromatic carbocycles. The highest BCUT2D eigenvalue weighted by molar-refractivity contribution is 5.35. The first-order valence-electron chi connectivity index (χ1n) is 7.58. The molecule has 2 heteroatoms. The first-order valence-corrected chi connectivity index (χ1v) is 7.58. The van der Waals surface area contributed by atoms with Crippen LogP contribution in [0.15, 0.2) is 24.3 Å². The van der Waals surface area contributed by atoms with Crippen LogP contribution in [0.5, 0.6) is 5.75 Å². The number of hydrogen-bond donors (Lipinski definition) is 0. The molecule has 1 aromatic rings. The molecule has 0 aromatic heterocycles. The lowest BCUT2D eigenvalue weighted by Crippen LogP contribution is -2.50. The maximum Gasteiger partial charge on any atom is 0.119 e. The molecule has 0 N–H and O–H groups in total. The summed E-state index contributed by atoms with van der Waals surface area (Å²) in [7, 11) is 4.04. The number of fused-ring (bicyclic) bond motifs is 1. The van der Waals surface area contributed by atoms with Crippen LogP contribution in [0.2, 0.25) is 0 Å². The number of methoxy groups -OCH3 is 1. The third-order valence-electron chi connectivity index (χ3n) is 5.32. The van der Waals surface area contributed by atoms with Crippen LogP contribution in [0.4, 0.5) is 0 Å². The zero-order valence-corrected chi connectivity index (χ0v) is 12.2. The van der Waals surface area contributed by atoms with E-state index < -0.39 is 0 Å². The van der Waals surface area contributed by atoms with Crippen LogP contribution in [-0.2, 0) is 5.41 Å². The molecule has 0 bridgehead atoms. The van der Waals surface area contributed by atoms with Gasteiger partial charge in [-0.2, -0.15) is 0 Å². The van der Waals surface area contributed by atoms with Crippen LogP contribution in [-0.4, -0.2) is 32.1 Å². The second-order valence-electron chi connectivity index (χ2n) is 6.34. The van der Waals surface area contributed by atoms with E-state index in [1.165, 1.54) is 50.8 Å². The Labute approximate surface area is 116 Å². The standard InChI is InChI=1S/C17H25NO/c1-18-11-10-17(9-4-3-6-15(17)13-18)14-7-5-8-16(12-14)19-2/h5,7-8,12,15H,3-4,6,9-11,13H2,1-2H3/t15-,17-/m1/s1. The van der Waals surface area contributed by atoms with Crippen LogP contribution in [0, 0.1) is 5.92 Å². The predicted molar refractivity (Wildman–Crippen MR) is 78.7 cm³/mol. The minimum absolute atomic E-state index is 0.416. The van der Waals surface area contributed by atoms with Gasteiger partial charge in [0.15, 0.2) is 0 Å². The van der Waals surface area contributed by atoms with E-state index in [0.29, 0.717) is 5.41 Å². The molecular formula is C17H25NO. The second-order valence-corrected chi connectivity index (χ2v) is 6.34. The normalized spacial score (nSPS) is 31.8. The third kappa shape index (κ3) is 2.27. The van der Waals surface area contributed by atoms with E-state index in [0.717, 1.165) is 11.7 Å². The van der Waals surface area contributed by atoms with Crippen molar-refractivity contribution < 1.29 is 4.74 Å². The highest BCUT2D eigenvalue weighted by Crippen LogP contribution is 2.49. The Morgan fingerprint density at radius 2 is 2.16 bits per heavy atom. The van der Waals surface area contributed by atoms with E-state index in [-0.39, 0.29) is 0 Å². The van der Waals surface area contributed by atoms with Gasteiger partial charge in [0.25, 0.3) is 0 Å². The number of nitrogens with zero attached hydrogens (tertiary/aromatic N) is 1. The van der Waals surface area contributed by atoms with Gasteiger partial charge in [-0.1, -0.05) is 25.0 Å². The molecule has 1 aliphatic heterocycles. The predicted octanol–water partition coefficient (Wildman–Crippen LogP) is 3.46. The van der Waals surface area contributed by atoms with Gasteiger partial charge < -0.3 is 9.64 Å². The van der Waals surface area contributed by atoms with Gasteiger partial charge in [-0.15, -0.1) is 0 Å². The van der Waals surface area contributed by atoms with Crippen molar-refractivity contribution in [3.8, 4) is 5.75 Å². The first-order chi connectivity index (χ1) is 9.24. The molecule has 2 aliphatic rings. The summed E-state index contributed by atoms with van der Waals surface area (Å²) in [6.07, 6.45) is 6.85. The van der Waals surface area contributed by atoms with Gasteiger partial charge in [0.05, 0.1) is 7.11 Å². The topological polar surface area (TPSA) is 12.5 Å². The van der Waals surface area contributed by atoms with Crippen molar-refractivity contribution in [2.24, 2.45) is 5.92 Å². The number of piperidine rings is 1. The van der Waals surface area contributed by atoms with Gasteiger partial charge in [0.2, 0.25) is 0 Å². The van der Waals surface area contributed by atoms with Crippen molar-refractivity contribution in [3.63, 3.8) is 0 Å². The summed E-state index contributed by atoms with van der Waals surface area (Å²) in [6.45, 7) is 2.49. The molecule has 0 spiro atoms. The van der Waals surface area contributed by atoms with Crippen molar-refractivity contribution in [1.82, 2.24) is 4.90 Å². The van der Waals surface area contributed by atoms with E-state index in [4.69, 9.17) is 4.74 Å². The number of rotatable bonds is 2. The molecule has 19 heavy (non-hydrogen) atoms. The molecular weight excluding hydrogens is 234 g/mol. The molecule has 104 valence electrons.